The highest BCUT2D eigenvalue weighted by Crippen LogP contribution is 2.15. The Morgan fingerprint density at radius 1 is 1.33 bits per heavy atom. The van der Waals surface area contributed by atoms with Crippen LogP contribution in [0, 0.1) is 17.0 Å². The molecule has 2 aromatic rings. The molecule has 0 aliphatic carbocycles. The number of nitrogens with one attached hydrogen (secondary N) is 1. The molecule has 0 amide bonds. The topological polar surface area (TPSA) is 76.0 Å². The molecule has 0 radical (unpaired) electrons. The monoisotopic (exact) mass is 204 g/mol. The van der Waals surface area contributed by atoms with Crippen LogP contribution in [0.25, 0.3) is 10.9 Å². The van der Waals surface area contributed by atoms with E-state index in [1.165, 1.54) is 6.92 Å². The summed E-state index contributed by atoms with van der Waals surface area (Å²) in [6.07, 6.45) is 0. The third kappa shape index (κ3) is 1.38. The van der Waals surface area contributed by atoms with E-state index in [0.29, 0.717) is 10.9 Å². The van der Waals surface area contributed by atoms with Crippen molar-refractivity contribution in [1.29, 1.82) is 0 Å². The smallest absolute Gasteiger partial charge is 0.328 e. The fourth-order valence-electron chi connectivity index (χ4n) is 1.50. The highest BCUT2D eigenvalue weighted by Gasteiger charge is 2.15. The number of H-pyrrole nitrogens is 1. The lowest BCUT2D eigenvalue weighted by molar-refractivity contribution is -0.390. The molecule has 2 rings (SSSR count). The van der Waals surface area contributed by atoms with E-state index in [-0.39, 0.29) is 16.8 Å². The van der Waals surface area contributed by atoms with Gasteiger partial charge in [0.25, 0.3) is 0 Å². The number of para-hydroxylation sites is 1. The van der Waals surface area contributed by atoms with Crippen LogP contribution in [0.4, 0.5) is 5.82 Å². The zero-order chi connectivity index (χ0) is 11.0. The van der Waals surface area contributed by atoms with Crippen molar-refractivity contribution < 1.29 is 4.92 Å². The van der Waals surface area contributed by atoms with E-state index in [1.54, 1.807) is 24.3 Å². The molecule has 0 spiro atoms. The molecule has 0 saturated carbocycles. The maximum Gasteiger partial charge on any atom is 0.328 e. The number of benzene rings is 1. The Morgan fingerprint density at radius 2 is 2.00 bits per heavy atom. The molecule has 0 saturated heterocycles. The Balaban J connectivity index is 2.95. The van der Waals surface area contributed by atoms with E-state index >= 15 is 0 Å². The summed E-state index contributed by atoms with van der Waals surface area (Å²) >= 11 is 0. The summed E-state index contributed by atoms with van der Waals surface area (Å²) in [5.74, 6) is -0.237. The molecular weight excluding hydrogens is 196 g/mol. The molecule has 76 valence electrons. The fraction of sp³-hybridized carbons (Fsp3) is 0.100. The van der Waals surface area contributed by atoms with Crippen molar-refractivity contribution in [2.24, 2.45) is 0 Å². The van der Waals surface area contributed by atoms with Gasteiger partial charge in [-0.2, -0.15) is 0 Å². The first-order valence-corrected chi connectivity index (χ1v) is 4.37. The van der Waals surface area contributed by atoms with E-state index in [1.807, 2.05) is 0 Å². The molecule has 0 bridgehead atoms. The number of rotatable bonds is 1. The first-order chi connectivity index (χ1) is 7.11. The summed E-state index contributed by atoms with van der Waals surface area (Å²) in [4.78, 5) is 24.4. The van der Waals surface area contributed by atoms with Gasteiger partial charge in [-0.05, 0) is 24.0 Å². The minimum Gasteiger partial charge on any atom is -0.358 e. The molecular formula is C10H8N2O3. The van der Waals surface area contributed by atoms with Crippen LogP contribution in [0.3, 0.4) is 0 Å². The second-order valence-corrected chi connectivity index (χ2v) is 3.23. The molecule has 0 aliphatic heterocycles. The lowest BCUT2D eigenvalue weighted by Gasteiger charge is -2.00. The average molecular weight is 204 g/mol. The van der Waals surface area contributed by atoms with Gasteiger partial charge < -0.3 is 10.1 Å². The number of nitrogens with zero attached hydrogens (tertiary/aromatic N) is 1. The van der Waals surface area contributed by atoms with E-state index in [2.05, 4.69) is 4.98 Å². The third-order valence-corrected chi connectivity index (χ3v) is 2.30. The van der Waals surface area contributed by atoms with E-state index in [0.717, 1.165) is 0 Å². The van der Waals surface area contributed by atoms with Crippen molar-refractivity contribution in [3.63, 3.8) is 0 Å². The predicted octanol–water partition coefficient (Wildman–Crippen LogP) is 1.74. The van der Waals surface area contributed by atoms with Crippen LogP contribution in [-0.2, 0) is 0 Å². The summed E-state index contributed by atoms with van der Waals surface area (Å²) in [7, 11) is 0. The molecule has 5 nitrogen and oxygen atoms in total. The number of pyridine rings is 1. The molecule has 15 heavy (non-hydrogen) atoms. The van der Waals surface area contributed by atoms with Crippen molar-refractivity contribution in [3.05, 3.63) is 50.2 Å². The fourth-order valence-corrected chi connectivity index (χ4v) is 1.50. The number of hydrogen-bond acceptors (Lipinski definition) is 3. The molecule has 0 aliphatic rings. The van der Waals surface area contributed by atoms with Crippen LogP contribution in [-0.4, -0.2) is 9.91 Å². The summed E-state index contributed by atoms with van der Waals surface area (Å²) in [5.41, 5.74) is 0.328. The summed E-state index contributed by atoms with van der Waals surface area (Å²) in [6, 6.07) is 6.73. The minimum absolute atomic E-state index is 0.138. The first kappa shape index (κ1) is 9.39. The molecule has 1 N–H and O–H groups in total. The van der Waals surface area contributed by atoms with Gasteiger partial charge >= 0.3 is 5.82 Å². The zero-order valence-corrected chi connectivity index (χ0v) is 7.98. The molecule has 5 heteroatoms. The van der Waals surface area contributed by atoms with Crippen LogP contribution in [0.1, 0.15) is 5.56 Å². The Hall–Kier alpha value is -2.17. The van der Waals surface area contributed by atoms with Gasteiger partial charge in [-0.1, -0.05) is 12.1 Å². The van der Waals surface area contributed by atoms with Crippen molar-refractivity contribution in [3.8, 4) is 0 Å². The normalized spacial score (nSPS) is 10.5. The van der Waals surface area contributed by atoms with E-state index in [9.17, 15) is 14.9 Å². The predicted molar refractivity (Wildman–Crippen MR) is 56.0 cm³/mol. The third-order valence-electron chi connectivity index (χ3n) is 2.30. The Kier molecular flexibility index (Phi) is 2.00. The minimum atomic E-state index is -0.580. The Morgan fingerprint density at radius 3 is 2.67 bits per heavy atom. The summed E-state index contributed by atoms with van der Waals surface area (Å²) < 4.78 is 0. The SMILES string of the molecule is Cc1c([N+](=O)[O-])[nH]c2ccccc2c1=O. The molecule has 0 fully saturated rings. The molecule has 0 atom stereocenters. The highest BCUT2D eigenvalue weighted by molar-refractivity contribution is 5.80. The Labute approximate surface area is 84.5 Å². The van der Waals surface area contributed by atoms with Crippen LogP contribution in [0.2, 0.25) is 0 Å². The van der Waals surface area contributed by atoms with Crippen LogP contribution in [0.15, 0.2) is 29.1 Å². The van der Waals surface area contributed by atoms with Gasteiger partial charge in [-0.15, -0.1) is 0 Å². The maximum absolute atomic E-state index is 11.7. The molecule has 1 heterocycles. The molecule has 1 aromatic heterocycles. The standard InChI is InChI=1S/C10H8N2O3/c1-6-9(13)7-4-2-3-5-8(7)11-10(6)12(14)15/h2-5H,1H3,(H,11,13). The van der Waals surface area contributed by atoms with Crippen molar-refractivity contribution in [2.45, 2.75) is 6.92 Å². The first-order valence-electron chi connectivity index (χ1n) is 4.37. The molecule has 1 aromatic carbocycles. The van der Waals surface area contributed by atoms with Crippen LogP contribution < -0.4 is 5.43 Å². The van der Waals surface area contributed by atoms with Gasteiger partial charge in [0.05, 0.1) is 10.9 Å². The van der Waals surface area contributed by atoms with Gasteiger partial charge in [-0.25, -0.2) is 4.98 Å². The van der Waals surface area contributed by atoms with Gasteiger partial charge in [0.1, 0.15) is 5.52 Å². The number of aromatic amines is 1. The van der Waals surface area contributed by atoms with Crippen molar-refractivity contribution in [2.75, 3.05) is 0 Å². The average Bonchev–Trinajstić information content (AvgIpc) is 2.23. The Bertz CT molecular complexity index is 601. The van der Waals surface area contributed by atoms with Crippen LogP contribution >= 0.6 is 0 Å². The maximum atomic E-state index is 11.7. The van der Waals surface area contributed by atoms with Gasteiger partial charge in [0.2, 0.25) is 5.43 Å². The highest BCUT2D eigenvalue weighted by atomic mass is 16.6. The van der Waals surface area contributed by atoms with E-state index in [4.69, 9.17) is 0 Å². The van der Waals surface area contributed by atoms with Crippen molar-refractivity contribution in [1.82, 2.24) is 4.98 Å². The van der Waals surface area contributed by atoms with Gasteiger partial charge in [0, 0.05) is 0 Å². The quantitative estimate of drug-likeness (QED) is 0.567. The summed E-state index contributed by atoms with van der Waals surface area (Å²) in [5, 5.41) is 11.1. The van der Waals surface area contributed by atoms with Crippen molar-refractivity contribution >= 4 is 16.7 Å². The molecule has 0 unspecified atom stereocenters. The number of aromatic nitrogens is 1. The lowest BCUT2D eigenvalue weighted by Crippen LogP contribution is -2.10. The number of nitro groups is 1. The summed E-state index contributed by atoms with van der Waals surface area (Å²) in [6.45, 7) is 1.45. The van der Waals surface area contributed by atoms with Crippen LogP contribution in [0.5, 0.6) is 0 Å². The lowest BCUT2D eigenvalue weighted by atomic mass is 10.1. The largest absolute Gasteiger partial charge is 0.358 e. The second-order valence-electron chi connectivity index (χ2n) is 3.23. The zero-order valence-electron chi connectivity index (χ0n) is 7.98. The number of hydrogen-bond donors (Lipinski definition) is 1. The van der Waals surface area contributed by atoms with Gasteiger partial charge in [0.15, 0.2) is 0 Å². The van der Waals surface area contributed by atoms with E-state index < -0.39 is 4.92 Å². The second kappa shape index (κ2) is 3.20. The van der Waals surface area contributed by atoms with Gasteiger partial charge in [-0.3, -0.25) is 4.79 Å². The number of fused-ring (bicyclic) bond motifs is 1.